The monoisotopic (exact) mass is 789 g/mol. The molecule has 0 aromatic heterocycles. The van der Waals surface area contributed by atoms with Crippen molar-refractivity contribution in [2.45, 2.75) is 79.1 Å². The number of ether oxygens (including phenoxy) is 7. The van der Waals surface area contributed by atoms with E-state index in [4.69, 9.17) is 50.5 Å². The van der Waals surface area contributed by atoms with Crippen molar-refractivity contribution in [2.75, 3.05) is 72.4 Å². The average molecular weight is 790 g/mol. The smallest absolute Gasteiger partial charge is 0.408 e. The van der Waals surface area contributed by atoms with Crippen LogP contribution in [-0.2, 0) is 57.1 Å². The number of nitrogens with one attached hydrogen (secondary N) is 3. The van der Waals surface area contributed by atoms with Crippen LogP contribution in [0.3, 0.4) is 0 Å². The van der Waals surface area contributed by atoms with E-state index in [9.17, 15) is 38.4 Å². The molecule has 0 atom stereocenters. The Morgan fingerprint density at radius 1 is 0.463 bits per heavy atom. The van der Waals surface area contributed by atoms with E-state index in [1.807, 2.05) is 0 Å². The lowest BCUT2D eigenvalue weighted by molar-refractivity contribution is -0.151. The van der Waals surface area contributed by atoms with Crippen LogP contribution in [0.1, 0.15) is 62.3 Å². The highest BCUT2D eigenvalue weighted by Gasteiger charge is 2.19. The first kappa shape index (κ1) is 55.8. The fraction of sp³-hybridized carbons (Fsp3) is 0.742. The summed E-state index contributed by atoms with van der Waals surface area (Å²) in [6.07, 6.45) is -2.20. The van der Waals surface area contributed by atoms with Gasteiger partial charge in [-0.3, -0.25) is 24.0 Å². The summed E-state index contributed by atoms with van der Waals surface area (Å²) in [6, 6.07) is 0. The van der Waals surface area contributed by atoms with E-state index < -0.39 is 71.5 Å². The number of amides is 3. The van der Waals surface area contributed by atoms with E-state index in [-0.39, 0.29) is 65.8 Å². The zero-order chi connectivity index (χ0) is 43.0. The van der Waals surface area contributed by atoms with Gasteiger partial charge in [-0.05, 0) is 62.3 Å². The fourth-order valence-electron chi connectivity index (χ4n) is 2.22. The van der Waals surface area contributed by atoms with Crippen molar-refractivity contribution in [1.29, 1.82) is 0 Å². The maximum absolute atomic E-state index is 11.4. The topological polar surface area (TPSA) is 350 Å². The minimum atomic E-state index is -1.10. The van der Waals surface area contributed by atoms with Crippen molar-refractivity contribution in [1.82, 2.24) is 16.0 Å². The van der Waals surface area contributed by atoms with Crippen LogP contribution in [0, 0.1) is 0 Å². The zero-order valence-electron chi connectivity index (χ0n) is 32.4. The number of carboxylic acid groups (broad SMARTS) is 1. The second-order valence-electron chi connectivity index (χ2n) is 12.7. The van der Waals surface area contributed by atoms with E-state index >= 15 is 0 Å². The first-order valence-corrected chi connectivity index (χ1v) is 16.1. The number of aliphatic hydroxyl groups is 2. The summed E-state index contributed by atoms with van der Waals surface area (Å²) >= 11 is 0. The Bertz CT molecular complexity index is 1070. The summed E-state index contributed by atoms with van der Waals surface area (Å²) in [5, 5.41) is 30.0. The third-order valence-electron chi connectivity index (χ3n) is 3.99. The zero-order valence-corrected chi connectivity index (χ0v) is 32.4. The summed E-state index contributed by atoms with van der Waals surface area (Å²) in [6.45, 7) is 13.1. The van der Waals surface area contributed by atoms with Gasteiger partial charge in [0, 0.05) is 0 Å². The molecule has 0 aromatic rings. The molecule has 0 aromatic carbocycles. The van der Waals surface area contributed by atoms with Crippen molar-refractivity contribution >= 4 is 48.1 Å². The molecular weight excluding hydrogens is 730 g/mol. The molecule has 0 heterocycles. The Hall–Kier alpha value is -5.00. The first-order chi connectivity index (χ1) is 24.7. The van der Waals surface area contributed by atoms with Crippen LogP contribution >= 0.6 is 0 Å². The normalized spacial score (nSPS) is 10.3. The van der Waals surface area contributed by atoms with Crippen LogP contribution < -0.4 is 27.4 Å². The molecule has 0 aliphatic rings. The molecule has 23 heteroatoms. The molecule has 0 aliphatic heterocycles. The molecule has 0 saturated carbocycles. The van der Waals surface area contributed by atoms with Crippen LogP contribution in [0.2, 0.25) is 0 Å². The number of carbonyl (C=O) groups is 8. The van der Waals surface area contributed by atoms with Gasteiger partial charge in [-0.15, -0.1) is 0 Å². The molecule has 0 aliphatic carbocycles. The van der Waals surface area contributed by atoms with Gasteiger partial charge >= 0.3 is 48.1 Å². The number of carbonyl (C=O) groups excluding carboxylic acids is 7. The summed E-state index contributed by atoms with van der Waals surface area (Å²) in [5.41, 5.74) is 7.94. The molecule has 54 heavy (non-hydrogen) atoms. The SMILES string of the molecule is CC(C)(C)OC(=O)NCC(=O)O.CC(C)(C)OC(=O)NCC(=O)OCCOC(=O)CNC(=O)OC(C)(C)C.NCC(=O)OCCOC(=O)CN.OCCO. The molecule has 0 spiro atoms. The number of alkyl carbamates (subject to hydrolysis) is 3. The minimum absolute atomic E-state index is 0.0156. The molecule has 0 rings (SSSR count). The lowest BCUT2D eigenvalue weighted by Gasteiger charge is -2.19. The van der Waals surface area contributed by atoms with Gasteiger partial charge in [-0.1, -0.05) is 0 Å². The van der Waals surface area contributed by atoms with Gasteiger partial charge in [-0.25, -0.2) is 14.4 Å². The van der Waals surface area contributed by atoms with Crippen molar-refractivity contribution in [3.63, 3.8) is 0 Å². The standard InChI is InChI=1S/C16H28N2O8.C7H13NO4.C6H12N2O4.C2H6O2/c1-15(2,3)25-13(21)17-9-11(19)23-7-8-24-12(20)10-18-14(22)26-16(4,5)6;1-7(2,3)12-6(11)8-4-5(9)10;7-3-5(9)11-1-2-12-6(10)4-8;3-1-2-4/h7-10H2,1-6H3,(H,17,21)(H,18,22);4H2,1-3H3,(H,8,11)(H,9,10);1-4,7-8H2;3-4H,1-2H2. The molecule has 0 unspecified atom stereocenters. The number of rotatable bonds is 15. The second-order valence-corrected chi connectivity index (χ2v) is 12.7. The van der Waals surface area contributed by atoms with Crippen LogP contribution in [0.4, 0.5) is 14.4 Å². The van der Waals surface area contributed by atoms with Gasteiger partial charge in [0.25, 0.3) is 0 Å². The highest BCUT2D eigenvalue weighted by atomic mass is 16.6. The molecule has 3 amide bonds. The van der Waals surface area contributed by atoms with E-state index in [2.05, 4.69) is 25.4 Å². The highest BCUT2D eigenvalue weighted by molar-refractivity contribution is 5.79. The van der Waals surface area contributed by atoms with Crippen LogP contribution in [0.15, 0.2) is 0 Å². The maximum Gasteiger partial charge on any atom is 0.408 e. The third-order valence-corrected chi connectivity index (χ3v) is 3.99. The number of nitrogens with two attached hydrogens (primary N) is 2. The van der Waals surface area contributed by atoms with E-state index in [1.54, 1.807) is 62.3 Å². The Balaban J connectivity index is -0.000000369. The average Bonchev–Trinajstić information content (AvgIpc) is 3.04. The van der Waals surface area contributed by atoms with Crippen molar-refractivity contribution in [2.24, 2.45) is 11.5 Å². The second kappa shape index (κ2) is 31.5. The predicted octanol–water partition coefficient (Wildman–Crippen LogP) is -1.32. The molecule has 0 fully saturated rings. The van der Waals surface area contributed by atoms with Gasteiger partial charge in [-0.2, -0.15) is 0 Å². The number of aliphatic hydroxyl groups excluding tert-OH is 2. The minimum Gasteiger partial charge on any atom is -0.480 e. The van der Waals surface area contributed by atoms with Crippen LogP contribution in [0.5, 0.6) is 0 Å². The molecule has 0 saturated heterocycles. The third kappa shape index (κ3) is 51.4. The maximum atomic E-state index is 11.4. The van der Waals surface area contributed by atoms with Crippen LogP contribution in [0.25, 0.3) is 0 Å². The summed E-state index contributed by atoms with van der Waals surface area (Å²) in [5.74, 6) is -3.57. The largest absolute Gasteiger partial charge is 0.480 e. The van der Waals surface area contributed by atoms with Gasteiger partial charge < -0.3 is 75.9 Å². The fourth-order valence-corrected chi connectivity index (χ4v) is 2.22. The Labute approximate surface area is 314 Å². The summed E-state index contributed by atoms with van der Waals surface area (Å²) < 4.78 is 33.2. The number of hydrogen-bond acceptors (Lipinski definition) is 19. The molecule has 23 nitrogen and oxygen atoms in total. The van der Waals surface area contributed by atoms with Crippen molar-refractivity contribution < 1.29 is 86.8 Å². The summed E-state index contributed by atoms with van der Waals surface area (Å²) in [7, 11) is 0. The predicted molar refractivity (Wildman–Crippen MR) is 186 cm³/mol. The van der Waals surface area contributed by atoms with E-state index in [0.29, 0.717) is 0 Å². The Morgan fingerprint density at radius 3 is 0.907 bits per heavy atom. The Kier molecular flexibility index (Phi) is 32.5. The number of esters is 4. The molecule has 316 valence electrons. The molecule has 10 N–H and O–H groups in total. The van der Waals surface area contributed by atoms with Gasteiger partial charge in [0.15, 0.2) is 0 Å². The van der Waals surface area contributed by atoms with Crippen molar-refractivity contribution in [3.05, 3.63) is 0 Å². The molecule has 0 radical (unpaired) electrons. The molecular formula is C31H59N5O18. The number of aliphatic carboxylic acids is 1. The first-order valence-electron chi connectivity index (χ1n) is 16.1. The lowest BCUT2D eigenvalue weighted by atomic mass is 10.2. The summed E-state index contributed by atoms with van der Waals surface area (Å²) in [4.78, 5) is 87.1. The van der Waals surface area contributed by atoms with Gasteiger partial charge in [0.2, 0.25) is 0 Å². The van der Waals surface area contributed by atoms with Crippen molar-refractivity contribution in [3.8, 4) is 0 Å². The quantitative estimate of drug-likeness (QED) is 0.0541. The number of carboxylic acids is 1. The van der Waals surface area contributed by atoms with E-state index in [1.165, 1.54) is 0 Å². The number of hydrogen-bond donors (Lipinski definition) is 8. The molecule has 0 bridgehead atoms. The van der Waals surface area contributed by atoms with E-state index in [0.717, 1.165) is 0 Å². The Morgan fingerprint density at radius 2 is 0.704 bits per heavy atom. The van der Waals surface area contributed by atoms with Crippen LogP contribution in [-0.4, -0.2) is 153 Å². The van der Waals surface area contributed by atoms with Gasteiger partial charge in [0.05, 0.1) is 26.3 Å². The van der Waals surface area contributed by atoms with Gasteiger partial charge in [0.1, 0.15) is 62.9 Å². The highest BCUT2D eigenvalue weighted by Crippen LogP contribution is 2.07. The lowest BCUT2D eigenvalue weighted by Crippen LogP contribution is -2.37.